The van der Waals surface area contributed by atoms with Crippen molar-refractivity contribution in [2.45, 2.75) is 25.9 Å². The van der Waals surface area contributed by atoms with E-state index < -0.39 is 6.10 Å². The predicted octanol–water partition coefficient (Wildman–Crippen LogP) is 1.34. The van der Waals surface area contributed by atoms with Crippen LogP contribution in [-0.4, -0.2) is 34.9 Å². The molecule has 1 aliphatic rings. The largest absolute Gasteiger partial charge is 0.396 e. The highest BCUT2D eigenvalue weighted by atomic mass is 16.3. The van der Waals surface area contributed by atoms with Crippen LogP contribution in [0, 0.1) is 5.92 Å². The second-order valence-corrected chi connectivity index (χ2v) is 4.65. The fourth-order valence-electron chi connectivity index (χ4n) is 2.21. The Bertz CT molecular complexity index is 353. The van der Waals surface area contributed by atoms with E-state index in [-0.39, 0.29) is 6.61 Å². The van der Waals surface area contributed by atoms with Gasteiger partial charge in [0.05, 0.1) is 23.7 Å². The van der Waals surface area contributed by atoms with Crippen molar-refractivity contribution in [2.24, 2.45) is 5.92 Å². The molecule has 1 aromatic heterocycles. The number of pyridine rings is 1. The molecule has 4 heteroatoms. The fourth-order valence-corrected chi connectivity index (χ4v) is 2.21. The zero-order valence-corrected chi connectivity index (χ0v) is 10.2. The summed E-state index contributed by atoms with van der Waals surface area (Å²) in [4.78, 5) is 6.52. The van der Waals surface area contributed by atoms with Crippen LogP contribution in [0.4, 0.5) is 5.69 Å². The normalized spacial score (nSPS) is 21.8. The molecule has 0 spiro atoms. The van der Waals surface area contributed by atoms with E-state index >= 15 is 0 Å². The summed E-state index contributed by atoms with van der Waals surface area (Å²) in [6, 6.07) is 3.89. The molecule has 1 aliphatic heterocycles. The van der Waals surface area contributed by atoms with Crippen molar-refractivity contribution < 1.29 is 10.2 Å². The van der Waals surface area contributed by atoms with Gasteiger partial charge in [-0.05, 0) is 25.0 Å². The van der Waals surface area contributed by atoms with Gasteiger partial charge in [-0.1, -0.05) is 6.92 Å². The molecule has 4 nitrogen and oxygen atoms in total. The van der Waals surface area contributed by atoms with Crippen molar-refractivity contribution >= 4 is 5.69 Å². The van der Waals surface area contributed by atoms with E-state index in [1.165, 1.54) is 0 Å². The Morgan fingerprint density at radius 1 is 1.53 bits per heavy atom. The van der Waals surface area contributed by atoms with Crippen LogP contribution in [0.1, 0.15) is 31.6 Å². The summed E-state index contributed by atoms with van der Waals surface area (Å²) in [6.45, 7) is 4.07. The van der Waals surface area contributed by atoms with E-state index in [0.29, 0.717) is 12.3 Å². The van der Waals surface area contributed by atoms with Crippen LogP contribution in [0.3, 0.4) is 0 Å². The summed E-state index contributed by atoms with van der Waals surface area (Å²) in [5.74, 6) is 0.385. The minimum atomic E-state index is -0.465. The summed E-state index contributed by atoms with van der Waals surface area (Å²) in [5, 5.41) is 18.8. The lowest BCUT2D eigenvalue weighted by Gasteiger charge is -2.18. The highest BCUT2D eigenvalue weighted by Gasteiger charge is 2.22. The molecule has 1 fully saturated rings. The summed E-state index contributed by atoms with van der Waals surface area (Å²) in [7, 11) is 0. The van der Waals surface area contributed by atoms with Crippen molar-refractivity contribution in [2.75, 3.05) is 24.6 Å². The molecular formula is C13H20N2O2. The van der Waals surface area contributed by atoms with Gasteiger partial charge in [0.2, 0.25) is 0 Å². The zero-order chi connectivity index (χ0) is 12.3. The maximum absolute atomic E-state index is 9.66. The van der Waals surface area contributed by atoms with E-state index in [1.54, 1.807) is 0 Å². The molecule has 0 bridgehead atoms. The topological polar surface area (TPSA) is 56.6 Å². The van der Waals surface area contributed by atoms with Gasteiger partial charge >= 0.3 is 0 Å². The van der Waals surface area contributed by atoms with Gasteiger partial charge in [-0.15, -0.1) is 0 Å². The molecule has 1 saturated heterocycles. The highest BCUT2D eigenvalue weighted by molar-refractivity contribution is 5.45. The standard InChI is InChI=1S/C13H20N2O2/c1-2-13(17)12-4-3-11(7-14-12)15-6-5-10(8-15)9-16/h3-4,7,10,13,16-17H,2,5-6,8-9H2,1H3. The summed E-state index contributed by atoms with van der Waals surface area (Å²) < 4.78 is 0. The van der Waals surface area contributed by atoms with Crippen LogP contribution in [0.25, 0.3) is 0 Å². The number of rotatable bonds is 4. The average Bonchev–Trinajstić information content (AvgIpc) is 2.87. The third kappa shape index (κ3) is 2.76. The lowest BCUT2D eigenvalue weighted by atomic mass is 10.1. The maximum atomic E-state index is 9.66. The third-order valence-electron chi connectivity index (χ3n) is 3.41. The zero-order valence-electron chi connectivity index (χ0n) is 10.2. The molecule has 17 heavy (non-hydrogen) atoms. The van der Waals surface area contributed by atoms with Gasteiger partial charge in [0.15, 0.2) is 0 Å². The van der Waals surface area contributed by atoms with E-state index in [1.807, 2.05) is 25.3 Å². The van der Waals surface area contributed by atoms with E-state index in [4.69, 9.17) is 5.11 Å². The first-order chi connectivity index (χ1) is 8.24. The Hall–Kier alpha value is -1.13. The van der Waals surface area contributed by atoms with Gasteiger partial charge in [0, 0.05) is 25.6 Å². The van der Waals surface area contributed by atoms with Gasteiger partial charge in [-0.3, -0.25) is 4.98 Å². The Morgan fingerprint density at radius 3 is 2.88 bits per heavy atom. The minimum Gasteiger partial charge on any atom is -0.396 e. The van der Waals surface area contributed by atoms with Crippen molar-refractivity contribution in [1.29, 1.82) is 0 Å². The van der Waals surface area contributed by atoms with Crippen LogP contribution in [0.15, 0.2) is 18.3 Å². The summed E-state index contributed by atoms with van der Waals surface area (Å²) in [5.41, 5.74) is 1.81. The maximum Gasteiger partial charge on any atom is 0.0957 e. The lowest BCUT2D eigenvalue weighted by molar-refractivity contribution is 0.169. The first-order valence-corrected chi connectivity index (χ1v) is 6.24. The Morgan fingerprint density at radius 2 is 2.35 bits per heavy atom. The third-order valence-corrected chi connectivity index (χ3v) is 3.41. The van der Waals surface area contributed by atoms with Crippen LogP contribution in [-0.2, 0) is 0 Å². The van der Waals surface area contributed by atoms with Crippen LogP contribution in [0.2, 0.25) is 0 Å². The second kappa shape index (κ2) is 5.47. The number of aliphatic hydroxyl groups excluding tert-OH is 2. The quantitative estimate of drug-likeness (QED) is 0.828. The van der Waals surface area contributed by atoms with Gasteiger partial charge < -0.3 is 15.1 Å². The molecule has 94 valence electrons. The molecular weight excluding hydrogens is 216 g/mol. The van der Waals surface area contributed by atoms with Crippen LogP contribution in [0.5, 0.6) is 0 Å². The first-order valence-electron chi connectivity index (χ1n) is 6.24. The fraction of sp³-hybridized carbons (Fsp3) is 0.615. The van der Waals surface area contributed by atoms with Gasteiger partial charge in [0.25, 0.3) is 0 Å². The lowest BCUT2D eigenvalue weighted by Crippen LogP contribution is -2.20. The number of anilines is 1. The molecule has 2 atom stereocenters. The van der Waals surface area contributed by atoms with Crippen LogP contribution >= 0.6 is 0 Å². The SMILES string of the molecule is CCC(O)c1ccc(N2CCC(CO)C2)cn1. The number of nitrogens with zero attached hydrogens (tertiary/aromatic N) is 2. The molecule has 0 amide bonds. The molecule has 0 aromatic carbocycles. The molecule has 0 radical (unpaired) electrons. The Balaban J connectivity index is 2.03. The molecule has 2 rings (SSSR count). The molecule has 1 aromatic rings. The van der Waals surface area contributed by atoms with Gasteiger partial charge in [-0.25, -0.2) is 0 Å². The number of hydrogen-bond acceptors (Lipinski definition) is 4. The van der Waals surface area contributed by atoms with E-state index in [9.17, 15) is 5.11 Å². The Labute approximate surface area is 102 Å². The number of aromatic nitrogens is 1. The molecule has 2 N–H and O–H groups in total. The average molecular weight is 236 g/mol. The van der Waals surface area contributed by atoms with Gasteiger partial charge in [-0.2, -0.15) is 0 Å². The van der Waals surface area contributed by atoms with Crippen molar-refractivity contribution in [3.63, 3.8) is 0 Å². The molecule has 2 heterocycles. The summed E-state index contributed by atoms with van der Waals surface area (Å²) in [6.07, 6.45) is 3.07. The van der Waals surface area contributed by atoms with Gasteiger partial charge in [0.1, 0.15) is 0 Å². The smallest absolute Gasteiger partial charge is 0.0957 e. The minimum absolute atomic E-state index is 0.260. The molecule has 2 unspecified atom stereocenters. The molecule has 0 aliphatic carbocycles. The summed E-state index contributed by atoms with van der Waals surface area (Å²) >= 11 is 0. The number of hydrogen-bond donors (Lipinski definition) is 2. The number of aliphatic hydroxyl groups is 2. The van der Waals surface area contributed by atoms with Crippen LogP contribution < -0.4 is 4.90 Å². The first kappa shape index (κ1) is 12.3. The predicted molar refractivity (Wildman–Crippen MR) is 66.9 cm³/mol. The molecule has 0 saturated carbocycles. The van der Waals surface area contributed by atoms with Crippen molar-refractivity contribution in [3.05, 3.63) is 24.0 Å². The van der Waals surface area contributed by atoms with Crippen molar-refractivity contribution in [3.8, 4) is 0 Å². The second-order valence-electron chi connectivity index (χ2n) is 4.65. The highest BCUT2D eigenvalue weighted by Crippen LogP contribution is 2.24. The van der Waals surface area contributed by atoms with E-state index in [0.717, 1.165) is 30.9 Å². The van der Waals surface area contributed by atoms with E-state index in [2.05, 4.69) is 9.88 Å². The monoisotopic (exact) mass is 236 g/mol. The van der Waals surface area contributed by atoms with Crippen molar-refractivity contribution in [1.82, 2.24) is 4.98 Å². The Kier molecular flexibility index (Phi) is 3.97.